The lowest BCUT2D eigenvalue weighted by molar-refractivity contribution is -0.128. The summed E-state index contributed by atoms with van der Waals surface area (Å²) in [6, 6.07) is 5.12. The number of fused-ring (bicyclic) bond motifs is 1. The van der Waals surface area contributed by atoms with Crippen LogP contribution >= 0.6 is 0 Å². The standard InChI is InChI=1S/C20H26N4O3/c1-12(2)9-23-10-14(7-18(23)25)19(26)22-15-5-6-17-16(8-15)20(27)24(11-21-17)13(3)4/h5-6,8,11-14H,7,9-10H2,1-4H3,(H,22,26)/t14-/m0/s1. The number of nitrogens with zero attached hydrogens (tertiary/aromatic N) is 3. The molecule has 1 fully saturated rings. The van der Waals surface area contributed by atoms with Gasteiger partial charge >= 0.3 is 0 Å². The molecular formula is C20H26N4O3. The highest BCUT2D eigenvalue weighted by Gasteiger charge is 2.34. The van der Waals surface area contributed by atoms with E-state index in [1.54, 1.807) is 34.0 Å². The van der Waals surface area contributed by atoms with E-state index in [-0.39, 0.29) is 35.8 Å². The Hall–Kier alpha value is -2.70. The molecule has 1 N–H and O–H groups in total. The van der Waals surface area contributed by atoms with E-state index in [0.29, 0.717) is 35.6 Å². The van der Waals surface area contributed by atoms with E-state index in [1.807, 2.05) is 27.7 Å². The lowest BCUT2D eigenvalue weighted by atomic mass is 10.1. The second kappa shape index (κ2) is 7.50. The Labute approximate surface area is 158 Å². The maximum Gasteiger partial charge on any atom is 0.261 e. The van der Waals surface area contributed by atoms with Crippen molar-refractivity contribution in [3.63, 3.8) is 0 Å². The van der Waals surface area contributed by atoms with Gasteiger partial charge in [-0.3, -0.25) is 19.0 Å². The number of hydrogen-bond acceptors (Lipinski definition) is 4. The van der Waals surface area contributed by atoms with E-state index in [4.69, 9.17) is 0 Å². The van der Waals surface area contributed by atoms with Gasteiger partial charge in [-0.05, 0) is 38.0 Å². The van der Waals surface area contributed by atoms with Crippen molar-refractivity contribution in [1.82, 2.24) is 14.5 Å². The van der Waals surface area contributed by atoms with Gasteiger partial charge in [0.1, 0.15) is 0 Å². The Morgan fingerprint density at radius 3 is 2.67 bits per heavy atom. The minimum absolute atomic E-state index is 0.00379. The number of carbonyl (C=O) groups excluding carboxylic acids is 2. The van der Waals surface area contributed by atoms with Crippen molar-refractivity contribution in [2.75, 3.05) is 18.4 Å². The molecule has 3 rings (SSSR count). The average Bonchev–Trinajstić information content (AvgIpc) is 2.95. The SMILES string of the molecule is CC(C)CN1C[C@@H](C(=O)Nc2ccc3ncn(C(C)C)c(=O)c3c2)CC1=O. The second-order valence-corrected chi connectivity index (χ2v) is 7.87. The number of aromatic nitrogens is 2. The van der Waals surface area contributed by atoms with Crippen molar-refractivity contribution >= 4 is 28.4 Å². The van der Waals surface area contributed by atoms with Gasteiger partial charge in [-0.15, -0.1) is 0 Å². The molecule has 7 nitrogen and oxygen atoms in total. The van der Waals surface area contributed by atoms with Gasteiger partial charge in [0.15, 0.2) is 0 Å². The number of amides is 2. The lowest BCUT2D eigenvalue weighted by Crippen LogP contribution is -2.31. The molecule has 1 aliphatic rings. The van der Waals surface area contributed by atoms with E-state index < -0.39 is 0 Å². The first-order valence-corrected chi connectivity index (χ1v) is 9.35. The van der Waals surface area contributed by atoms with Gasteiger partial charge in [0.2, 0.25) is 11.8 Å². The summed E-state index contributed by atoms with van der Waals surface area (Å²) >= 11 is 0. The first kappa shape index (κ1) is 19.1. The predicted octanol–water partition coefficient (Wildman–Crippen LogP) is 2.42. The largest absolute Gasteiger partial charge is 0.342 e. The summed E-state index contributed by atoms with van der Waals surface area (Å²) in [6.07, 6.45) is 1.77. The molecule has 2 aromatic rings. The quantitative estimate of drug-likeness (QED) is 0.876. The van der Waals surface area contributed by atoms with Crippen LogP contribution in [-0.4, -0.2) is 39.4 Å². The normalized spacial score (nSPS) is 17.3. The summed E-state index contributed by atoms with van der Waals surface area (Å²) in [5.41, 5.74) is 1.00. The fraction of sp³-hybridized carbons (Fsp3) is 0.500. The highest BCUT2D eigenvalue weighted by molar-refractivity contribution is 5.98. The zero-order valence-electron chi connectivity index (χ0n) is 16.2. The zero-order valence-corrected chi connectivity index (χ0v) is 16.2. The number of rotatable bonds is 5. The van der Waals surface area contributed by atoms with Gasteiger partial charge in [0.05, 0.1) is 23.1 Å². The smallest absolute Gasteiger partial charge is 0.261 e. The van der Waals surface area contributed by atoms with Crippen molar-refractivity contribution in [3.8, 4) is 0 Å². The molecule has 0 radical (unpaired) electrons. The minimum atomic E-state index is -0.367. The van der Waals surface area contributed by atoms with Crippen LogP contribution in [0.1, 0.15) is 40.2 Å². The molecule has 1 saturated heterocycles. The number of likely N-dealkylation sites (tertiary alicyclic amines) is 1. The first-order valence-electron chi connectivity index (χ1n) is 9.35. The van der Waals surface area contributed by atoms with Gasteiger partial charge in [-0.2, -0.15) is 0 Å². The van der Waals surface area contributed by atoms with E-state index in [2.05, 4.69) is 10.3 Å². The highest BCUT2D eigenvalue weighted by atomic mass is 16.2. The Morgan fingerprint density at radius 2 is 2.00 bits per heavy atom. The number of carbonyl (C=O) groups is 2. The van der Waals surface area contributed by atoms with Crippen molar-refractivity contribution in [2.45, 2.75) is 40.2 Å². The number of nitrogens with one attached hydrogen (secondary N) is 1. The number of benzene rings is 1. The third-order valence-corrected chi connectivity index (χ3v) is 4.78. The van der Waals surface area contributed by atoms with Crippen molar-refractivity contribution in [1.29, 1.82) is 0 Å². The average molecular weight is 370 g/mol. The third-order valence-electron chi connectivity index (χ3n) is 4.78. The summed E-state index contributed by atoms with van der Waals surface area (Å²) in [4.78, 5) is 43.4. The third kappa shape index (κ3) is 4.02. The van der Waals surface area contributed by atoms with Gasteiger partial charge in [0, 0.05) is 31.2 Å². The van der Waals surface area contributed by atoms with Gasteiger partial charge in [-0.25, -0.2) is 4.98 Å². The molecule has 7 heteroatoms. The molecule has 1 atom stereocenters. The fourth-order valence-electron chi connectivity index (χ4n) is 3.39. The van der Waals surface area contributed by atoms with Crippen LogP contribution in [0.15, 0.2) is 29.3 Å². The van der Waals surface area contributed by atoms with E-state index >= 15 is 0 Å². The molecule has 2 heterocycles. The van der Waals surface area contributed by atoms with Gasteiger partial charge < -0.3 is 10.2 Å². The summed E-state index contributed by atoms with van der Waals surface area (Å²) in [5.74, 6) is -0.173. The second-order valence-electron chi connectivity index (χ2n) is 7.87. The molecule has 2 amide bonds. The molecule has 0 bridgehead atoms. The topological polar surface area (TPSA) is 84.3 Å². The van der Waals surface area contributed by atoms with E-state index in [1.165, 1.54) is 0 Å². The molecular weight excluding hydrogens is 344 g/mol. The van der Waals surface area contributed by atoms with Crippen molar-refractivity contribution in [3.05, 3.63) is 34.9 Å². The van der Waals surface area contributed by atoms with Crippen LogP contribution < -0.4 is 10.9 Å². The summed E-state index contributed by atoms with van der Waals surface area (Å²) in [7, 11) is 0. The summed E-state index contributed by atoms with van der Waals surface area (Å²) in [6.45, 7) is 9.04. The maximum absolute atomic E-state index is 12.6. The molecule has 1 aliphatic heterocycles. The molecule has 0 unspecified atom stereocenters. The van der Waals surface area contributed by atoms with Gasteiger partial charge in [-0.1, -0.05) is 13.8 Å². The fourth-order valence-corrected chi connectivity index (χ4v) is 3.39. The Bertz CT molecular complexity index is 932. The number of hydrogen-bond donors (Lipinski definition) is 1. The van der Waals surface area contributed by atoms with Crippen LogP contribution in [0.4, 0.5) is 5.69 Å². The molecule has 1 aromatic heterocycles. The highest BCUT2D eigenvalue weighted by Crippen LogP contribution is 2.22. The number of anilines is 1. The molecule has 144 valence electrons. The summed E-state index contributed by atoms with van der Waals surface area (Å²) in [5, 5.41) is 3.32. The van der Waals surface area contributed by atoms with Crippen LogP contribution in [0.2, 0.25) is 0 Å². The Balaban J connectivity index is 1.78. The van der Waals surface area contributed by atoms with Crippen LogP contribution in [0.3, 0.4) is 0 Å². The molecule has 0 aliphatic carbocycles. The lowest BCUT2D eigenvalue weighted by Gasteiger charge is -2.18. The molecule has 0 saturated carbocycles. The van der Waals surface area contributed by atoms with Crippen LogP contribution in [0.25, 0.3) is 10.9 Å². The van der Waals surface area contributed by atoms with Crippen molar-refractivity contribution in [2.24, 2.45) is 11.8 Å². The van der Waals surface area contributed by atoms with Crippen molar-refractivity contribution < 1.29 is 9.59 Å². The van der Waals surface area contributed by atoms with E-state index in [9.17, 15) is 14.4 Å². The molecule has 0 spiro atoms. The minimum Gasteiger partial charge on any atom is -0.342 e. The monoisotopic (exact) mass is 370 g/mol. The Morgan fingerprint density at radius 1 is 1.26 bits per heavy atom. The maximum atomic E-state index is 12.6. The molecule has 1 aromatic carbocycles. The predicted molar refractivity (Wildman–Crippen MR) is 105 cm³/mol. The van der Waals surface area contributed by atoms with Gasteiger partial charge in [0.25, 0.3) is 5.56 Å². The van der Waals surface area contributed by atoms with Crippen LogP contribution in [-0.2, 0) is 9.59 Å². The Kier molecular flexibility index (Phi) is 5.30. The molecule has 27 heavy (non-hydrogen) atoms. The van der Waals surface area contributed by atoms with E-state index in [0.717, 1.165) is 0 Å². The summed E-state index contributed by atoms with van der Waals surface area (Å²) < 4.78 is 1.56. The van der Waals surface area contributed by atoms with Crippen LogP contribution in [0, 0.1) is 11.8 Å². The zero-order chi connectivity index (χ0) is 19.7. The first-order chi connectivity index (χ1) is 12.8. The van der Waals surface area contributed by atoms with Crippen LogP contribution in [0.5, 0.6) is 0 Å².